The van der Waals surface area contributed by atoms with Crippen LogP contribution >= 0.6 is 0 Å². The Labute approximate surface area is 155 Å². The van der Waals surface area contributed by atoms with Crippen molar-refractivity contribution in [3.05, 3.63) is 48.5 Å². The number of hydrogen-bond acceptors (Lipinski definition) is 6. The van der Waals surface area contributed by atoms with Gasteiger partial charge in [0.05, 0.1) is 13.2 Å². The molecule has 4 heterocycles. The molecule has 1 spiro atoms. The van der Waals surface area contributed by atoms with Crippen LogP contribution in [0.25, 0.3) is 0 Å². The van der Waals surface area contributed by atoms with Crippen LogP contribution in [-0.4, -0.2) is 58.2 Å². The molecule has 0 radical (unpaired) electrons. The minimum absolute atomic E-state index is 0.313. The number of likely N-dealkylation sites (tertiary alicyclic amines) is 1. The predicted molar refractivity (Wildman–Crippen MR) is 101 cm³/mol. The second-order valence-electron chi connectivity index (χ2n) is 7.44. The molecular weight excluding hydrogens is 326 g/mol. The van der Waals surface area contributed by atoms with Gasteiger partial charge in [-0.2, -0.15) is 0 Å². The molecule has 6 nitrogen and oxygen atoms in total. The Hall–Kier alpha value is -2.05. The molecule has 2 aliphatic heterocycles. The molecule has 2 aromatic heterocycles. The number of pyridine rings is 1. The number of ether oxygens (including phenoxy) is 1. The summed E-state index contributed by atoms with van der Waals surface area (Å²) in [6.07, 6.45) is 12.1. The van der Waals surface area contributed by atoms with Crippen molar-refractivity contribution in [3.63, 3.8) is 0 Å². The van der Waals surface area contributed by atoms with E-state index in [2.05, 4.69) is 37.9 Å². The lowest BCUT2D eigenvalue weighted by atomic mass is 9.85. The zero-order valence-electron chi connectivity index (χ0n) is 15.4. The van der Waals surface area contributed by atoms with E-state index in [1.807, 2.05) is 30.7 Å². The highest BCUT2D eigenvalue weighted by atomic mass is 16.5. The van der Waals surface area contributed by atoms with Gasteiger partial charge in [0.25, 0.3) is 0 Å². The fraction of sp³-hybridized carbons (Fsp3) is 0.550. The number of aromatic nitrogens is 3. The highest BCUT2D eigenvalue weighted by molar-refractivity contribution is 5.30. The summed E-state index contributed by atoms with van der Waals surface area (Å²) >= 11 is 0. The van der Waals surface area contributed by atoms with Gasteiger partial charge >= 0.3 is 0 Å². The first-order valence-corrected chi connectivity index (χ1v) is 9.48. The first-order chi connectivity index (χ1) is 12.8. The summed E-state index contributed by atoms with van der Waals surface area (Å²) in [7, 11) is 2.28. The molecule has 2 aromatic rings. The molecule has 2 saturated heterocycles. The molecule has 1 atom stereocenters. The van der Waals surface area contributed by atoms with Gasteiger partial charge < -0.3 is 9.64 Å². The second kappa shape index (κ2) is 7.68. The first-order valence-electron chi connectivity index (χ1n) is 9.48. The zero-order chi connectivity index (χ0) is 17.8. The van der Waals surface area contributed by atoms with E-state index in [4.69, 9.17) is 4.74 Å². The molecule has 0 aromatic carbocycles. The standard InChI is InChI=1S/C20H27N5O/c1-24-18(16-26-15-17-4-2-9-21-14-17)5-6-20(24)7-12-25(13-8-20)19-22-10-3-11-23-19/h2-4,9-11,14,18H,5-8,12-13,15-16H2,1H3/t18-/m0/s1. The van der Waals surface area contributed by atoms with Gasteiger partial charge in [-0.05, 0) is 50.4 Å². The van der Waals surface area contributed by atoms with Crippen molar-refractivity contribution in [3.8, 4) is 0 Å². The highest BCUT2D eigenvalue weighted by Crippen LogP contribution is 2.41. The molecule has 0 N–H and O–H groups in total. The number of piperidine rings is 1. The molecule has 26 heavy (non-hydrogen) atoms. The van der Waals surface area contributed by atoms with Gasteiger partial charge in [-0.3, -0.25) is 9.88 Å². The third-order valence-electron chi connectivity index (χ3n) is 6.07. The summed E-state index contributed by atoms with van der Waals surface area (Å²) in [5.74, 6) is 0.861. The van der Waals surface area contributed by atoms with Crippen molar-refractivity contribution in [2.75, 3.05) is 31.6 Å². The van der Waals surface area contributed by atoms with Crippen molar-refractivity contribution in [1.29, 1.82) is 0 Å². The maximum absolute atomic E-state index is 5.99. The van der Waals surface area contributed by atoms with Gasteiger partial charge in [-0.25, -0.2) is 9.97 Å². The highest BCUT2D eigenvalue weighted by Gasteiger charge is 2.45. The normalized spacial score (nSPS) is 22.8. The van der Waals surface area contributed by atoms with Crippen molar-refractivity contribution >= 4 is 5.95 Å². The SMILES string of the molecule is CN1[C@H](COCc2cccnc2)CCC12CCN(c1ncccn1)CC2. The topological polar surface area (TPSA) is 54.4 Å². The molecule has 0 bridgehead atoms. The van der Waals surface area contributed by atoms with E-state index in [0.29, 0.717) is 18.2 Å². The van der Waals surface area contributed by atoms with Crippen LogP contribution < -0.4 is 4.90 Å². The quantitative estimate of drug-likeness (QED) is 0.823. The van der Waals surface area contributed by atoms with E-state index in [-0.39, 0.29) is 0 Å². The summed E-state index contributed by atoms with van der Waals surface area (Å²) < 4.78 is 5.99. The average molecular weight is 353 g/mol. The average Bonchev–Trinajstić information content (AvgIpc) is 3.00. The molecule has 4 rings (SSSR count). The maximum atomic E-state index is 5.99. The number of rotatable bonds is 5. The monoisotopic (exact) mass is 353 g/mol. The summed E-state index contributed by atoms with van der Waals surface area (Å²) in [6, 6.07) is 6.40. The van der Waals surface area contributed by atoms with Crippen LogP contribution in [0.1, 0.15) is 31.2 Å². The smallest absolute Gasteiger partial charge is 0.225 e. The predicted octanol–water partition coefficient (Wildman–Crippen LogP) is 2.52. The van der Waals surface area contributed by atoms with Crippen LogP contribution in [0.2, 0.25) is 0 Å². The van der Waals surface area contributed by atoms with Crippen molar-refractivity contribution < 1.29 is 4.74 Å². The summed E-state index contributed by atoms with van der Waals surface area (Å²) in [5, 5.41) is 0. The Kier molecular flexibility index (Phi) is 5.13. The molecule has 2 aliphatic rings. The third kappa shape index (κ3) is 3.57. The third-order valence-corrected chi connectivity index (χ3v) is 6.07. The van der Waals surface area contributed by atoms with Crippen LogP contribution in [0, 0.1) is 0 Å². The maximum Gasteiger partial charge on any atom is 0.225 e. The van der Waals surface area contributed by atoms with Crippen LogP contribution in [-0.2, 0) is 11.3 Å². The minimum atomic E-state index is 0.313. The molecule has 0 aliphatic carbocycles. The number of nitrogens with zero attached hydrogens (tertiary/aromatic N) is 5. The summed E-state index contributed by atoms with van der Waals surface area (Å²) in [4.78, 5) is 17.8. The Morgan fingerprint density at radius 2 is 1.92 bits per heavy atom. The first kappa shape index (κ1) is 17.4. The van der Waals surface area contributed by atoms with Gasteiger partial charge in [0.15, 0.2) is 0 Å². The Balaban J connectivity index is 1.29. The molecule has 6 heteroatoms. The number of anilines is 1. The Bertz CT molecular complexity index is 688. The molecule has 138 valence electrons. The number of hydrogen-bond donors (Lipinski definition) is 0. The lowest BCUT2D eigenvalue weighted by Crippen LogP contribution is -2.53. The van der Waals surface area contributed by atoms with Crippen molar-refractivity contribution in [1.82, 2.24) is 19.9 Å². The zero-order valence-corrected chi connectivity index (χ0v) is 15.4. The molecular formula is C20H27N5O. The van der Waals surface area contributed by atoms with Crippen LogP contribution in [0.3, 0.4) is 0 Å². The number of likely N-dealkylation sites (N-methyl/N-ethyl adjacent to an activating group) is 1. The van der Waals surface area contributed by atoms with Crippen molar-refractivity contribution in [2.45, 2.75) is 43.9 Å². The molecule has 0 saturated carbocycles. The lowest BCUT2D eigenvalue weighted by Gasteiger charge is -2.45. The summed E-state index contributed by atoms with van der Waals surface area (Å²) in [5.41, 5.74) is 1.45. The fourth-order valence-electron chi connectivity index (χ4n) is 4.36. The Morgan fingerprint density at radius 3 is 2.65 bits per heavy atom. The van der Waals surface area contributed by atoms with E-state index >= 15 is 0 Å². The van der Waals surface area contributed by atoms with Gasteiger partial charge in [0, 0.05) is 49.5 Å². The van der Waals surface area contributed by atoms with Crippen LogP contribution in [0.15, 0.2) is 43.0 Å². The van der Waals surface area contributed by atoms with E-state index in [9.17, 15) is 0 Å². The van der Waals surface area contributed by atoms with Crippen LogP contribution in [0.5, 0.6) is 0 Å². The van der Waals surface area contributed by atoms with Gasteiger partial charge in [0.1, 0.15) is 0 Å². The molecule has 2 fully saturated rings. The van der Waals surface area contributed by atoms with Gasteiger partial charge in [-0.15, -0.1) is 0 Å². The van der Waals surface area contributed by atoms with E-state index < -0.39 is 0 Å². The lowest BCUT2D eigenvalue weighted by molar-refractivity contribution is 0.0352. The van der Waals surface area contributed by atoms with Gasteiger partial charge in [0.2, 0.25) is 5.95 Å². The molecule has 0 amide bonds. The summed E-state index contributed by atoms with van der Waals surface area (Å²) in [6.45, 7) is 3.48. The van der Waals surface area contributed by atoms with Crippen molar-refractivity contribution in [2.24, 2.45) is 0 Å². The Morgan fingerprint density at radius 1 is 1.12 bits per heavy atom. The minimum Gasteiger partial charge on any atom is -0.375 e. The molecule has 0 unspecified atom stereocenters. The largest absolute Gasteiger partial charge is 0.375 e. The fourth-order valence-corrected chi connectivity index (χ4v) is 4.36. The van der Waals surface area contributed by atoms with Gasteiger partial charge in [-0.1, -0.05) is 6.07 Å². The van der Waals surface area contributed by atoms with E-state index in [0.717, 1.165) is 31.2 Å². The van der Waals surface area contributed by atoms with E-state index in [1.165, 1.54) is 25.7 Å². The second-order valence-corrected chi connectivity index (χ2v) is 7.44. The van der Waals surface area contributed by atoms with E-state index in [1.54, 1.807) is 6.20 Å². The van der Waals surface area contributed by atoms with Crippen LogP contribution in [0.4, 0.5) is 5.95 Å².